The van der Waals surface area contributed by atoms with Gasteiger partial charge in [-0.15, -0.1) is 0 Å². The Labute approximate surface area is 192 Å². The number of likely N-dealkylation sites (N-methyl/N-ethyl adjacent to an activating group) is 1. The first-order valence-electron chi connectivity index (χ1n) is 10.6. The van der Waals surface area contributed by atoms with Crippen molar-refractivity contribution in [2.75, 3.05) is 7.05 Å². The maximum absolute atomic E-state index is 12.8. The number of para-hydroxylation sites is 1. The molecule has 6 heteroatoms. The molecule has 0 spiro atoms. The Morgan fingerprint density at radius 3 is 2.15 bits per heavy atom. The number of aryl methyl sites for hydroxylation is 1. The quantitative estimate of drug-likeness (QED) is 0.441. The maximum atomic E-state index is 12.8. The molecular formula is C27H24N4O2. The summed E-state index contributed by atoms with van der Waals surface area (Å²) >= 11 is 0. The molecule has 164 valence electrons. The molecule has 6 nitrogen and oxygen atoms in total. The molecule has 0 bridgehead atoms. The Bertz CT molecular complexity index is 1290. The van der Waals surface area contributed by atoms with Crippen LogP contribution in [0.15, 0.2) is 96.8 Å². The standard InChI is InChI=1S/C27H24N4O2/c1-19-13-15-21(16-14-19)26(32)29-24(27(33)28-2)17-22-18-31(23-11-7-4-8-12-23)30-25(22)20-9-5-3-6-10-20/h3-18H,1-2H3,(H,28,33)(H,29,32)/b24-17-. The topological polar surface area (TPSA) is 76.0 Å². The number of hydrogen-bond donors (Lipinski definition) is 2. The number of hydrogen-bond acceptors (Lipinski definition) is 3. The van der Waals surface area contributed by atoms with Crippen LogP contribution in [0.3, 0.4) is 0 Å². The SMILES string of the molecule is CNC(=O)/C(=C/c1cn(-c2ccccc2)nc1-c1ccccc1)NC(=O)c1ccc(C)cc1. The fourth-order valence-corrected chi connectivity index (χ4v) is 3.37. The summed E-state index contributed by atoms with van der Waals surface area (Å²) in [5, 5.41) is 10.1. The van der Waals surface area contributed by atoms with Crippen molar-refractivity contribution in [3.63, 3.8) is 0 Å². The molecular weight excluding hydrogens is 412 g/mol. The van der Waals surface area contributed by atoms with Crippen LogP contribution in [-0.2, 0) is 4.79 Å². The normalized spacial score (nSPS) is 11.2. The van der Waals surface area contributed by atoms with Gasteiger partial charge in [0.2, 0.25) is 0 Å². The van der Waals surface area contributed by atoms with E-state index in [1.54, 1.807) is 22.9 Å². The molecule has 33 heavy (non-hydrogen) atoms. The number of rotatable bonds is 6. The lowest BCUT2D eigenvalue weighted by molar-refractivity contribution is -0.117. The van der Waals surface area contributed by atoms with Crippen LogP contribution in [0.1, 0.15) is 21.5 Å². The van der Waals surface area contributed by atoms with Gasteiger partial charge in [-0.1, -0.05) is 66.2 Å². The predicted molar refractivity (Wildman–Crippen MR) is 130 cm³/mol. The highest BCUT2D eigenvalue weighted by molar-refractivity contribution is 6.05. The Morgan fingerprint density at radius 1 is 0.879 bits per heavy atom. The van der Waals surface area contributed by atoms with E-state index in [1.165, 1.54) is 7.05 Å². The molecule has 1 heterocycles. The second kappa shape index (κ2) is 9.78. The van der Waals surface area contributed by atoms with Crippen LogP contribution in [0.5, 0.6) is 0 Å². The van der Waals surface area contributed by atoms with Gasteiger partial charge in [-0.2, -0.15) is 5.10 Å². The Morgan fingerprint density at radius 2 is 1.52 bits per heavy atom. The monoisotopic (exact) mass is 436 g/mol. The molecule has 4 rings (SSSR count). The zero-order valence-electron chi connectivity index (χ0n) is 18.4. The Hall–Kier alpha value is -4.45. The van der Waals surface area contributed by atoms with E-state index in [-0.39, 0.29) is 11.6 Å². The summed E-state index contributed by atoms with van der Waals surface area (Å²) in [5.74, 6) is -0.761. The molecule has 0 unspecified atom stereocenters. The van der Waals surface area contributed by atoms with E-state index in [0.717, 1.165) is 16.8 Å². The van der Waals surface area contributed by atoms with Gasteiger partial charge in [-0.25, -0.2) is 4.68 Å². The summed E-state index contributed by atoms with van der Waals surface area (Å²) < 4.78 is 1.76. The van der Waals surface area contributed by atoms with Crippen LogP contribution in [0.4, 0.5) is 0 Å². The van der Waals surface area contributed by atoms with Crippen molar-refractivity contribution in [1.29, 1.82) is 0 Å². The van der Waals surface area contributed by atoms with Gasteiger partial charge in [-0.05, 0) is 37.3 Å². The number of nitrogens with one attached hydrogen (secondary N) is 2. The molecule has 0 saturated heterocycles. The van der Waals surface area contributed by atoms with Gasteiger partial charge < -0.3 is 10.6 Å². The summed E-state index contributed by atoms with van der Waals surface area (Å²) in [7, 11) is 1.53. The minimum absolute atomic E-state index is 0.132. The summed E-state index contributed by atoms with van der Waals surface area (Å²) in [4.78, 5) is 25.4. The molecule has 2 N–H and O–H groups in total. The highest BCUT2D eigenvalue weighted by atomic mass is 16.2. The zero-order valence-corrected chi connectivity index (χ0v) is 18.4. The molecule has 0 radical (unpaired) electrons. The second-order valence-electron chi connectivity index (χ2n) is 7.54. The Kier molecular flexibility index (Phi) is 6.45. The number of nitrogens with zero attached hydrogens (tertiary/aromatic N) is 2. The number of aromatic nitrogens is 2. The van der Waals surface area contributed by atoms with Crippen LogP contribution in [-0.4, -0.2) is 28.6 Å². The van der Waals surface area contributed by atoms with E-state index in [0.29, 0.717) is 16.8 Å². The fourth-order valence-electron chi connectivity index (χ4n) is 3.37. The van der Waals surface area contributed by atoms with E-state index in [4.69, 9.17) is 5.10 Å². The highest BCUT2D eigenvalue weighted by Gasteiger charge is 2.17. The largest absolute Gasteiger partial charge is 0.354 e. The minimum Gasteiger partial charge on any atom is -0.354 e. The van der Waals surface area contributed by atoms with Crippen LogP contribution in [0, 0.1) is 6.92 Å². The number of carbonyl (C=O) groups is 2. The predicted octanol–water partition coefficient (Wildman–Crippen LogP) is 4.36. The first-order valence-corrected chi connectivity index (χ1v) is 10.6. The maximum Gasteiger partial charge on any atom is 0.267 e. The second-order valence-corrected chi connectivity index (χ2v) is 7.54. The van der Waals surface area contributed by atoms with Crippen molar-refractivity contribution in [2.45, 2.75) is 6.92 Å². The average Bonchev–Trinajstić information content (AvgIpc) is 3.28. The lowest BCUT2D eigenvalue weighted by Gasteiger charge is -2.09. The molecule has 1 aromatic heterocycles. The van der Waals surface area contributed by atoms with Crippen LogP contribution in [0.25, 0.3) is 23.0 Å². The van der Waals surface area contributed by atoms with Crippen molar-refractivity contribution < 1.29 is 9.59 Å². The van der Waals surface area contributed by atoms with Crippen molar-refractivity contribution in [1.82, 2.24) is 20.4 Å². The smallest absolute Gasteiger partial charge is 0.267 e. The lowest BCUT2D eigenvalue weighted by atomic mass is 10.1. The molecule has 2 amide bonds. The van der Waals surface area contributed by atoms with Gasteiger partial charge >= 0.3 is 0 Å². The third kappa shape index (κ3) is 5.07. The summed E-state index contributed by atoms with van der Waals surface area (Å²) in [5.41, 5.74) is 4.85. The molecule has 0 aliphatic heterocycles. The van der Waals surface area contributed by atoms with Gasteiger partial charge in [0, 0.05) is 29.9 Å². The highest BCUT2D eigenvalue weighted by Crippen LogP contribution is 2.25. The zero-order chi connectivity index (χ0) is 23.2. The number of benzene rings is 3. The minimum atomic E-state index is -0.401. The van der Waals surface area contributed by atoms with Crippen molar-refractivity contribution in [2.24, 2.45) is 0 Å². The van der Waals surface area contributed by atoms with Gasteiger partial charge in [0.05, 0.1) is 5.69 Å². The van der Waals surface area contributed by atoms with E-state index >= 15 is 0 Å². The lowest BCUT2D eigenvalue weighted by Crippen LogP contribution is -2.33. The first kappa shape index (κ1) is 21.8. The molecule has 0 aliphatic carbocycles. The molecule has 4 aromatic rings. The van der Waals surface area contributed by atoms with E-state index in [1.807, 2.05) is 85.9 Å². The summed E-state index contributed by atoms with van der Waals surface area (Å²) in [6, 6.07) is 26.6. The molecule has 0 atom stereocenters. The van der Waals surface area contributed by atoms with Gasteiger partial charge in [0.1, 0.15) is 11.4 Å². The van der Waals surface area contributed by atoms with Crippen molar-refractivity contribution in [3.05, 3.63) is 114 Å². The average molecular weight is 437 g/mol. The number of amides is 2. The van der Waals surface area contributed by atoms with Gasteiger partial charge in [0.15, 0.2) is 0 Å². The summed E-state index contributed by atoms with van der Waals surface area (Å²) in [6.45, 7) is 1.95. The molecule has 0 saturated carbocycles. The van der Waals surface area contributed by atoms with Gasteiger partial charge in [-0.3, -0.25) is 9.59 Å². The molecule has 3 aromatic carbocycles. The van der Waals surface area contributed by atoms with Crippen LogP contribution in [0.2, 0.25) is 0 Å². The molecule has 0 fully saturated rings. The van der Waals surface area contributed by atoms with Crippen molar-refractivity contribution >= 4 is 17.9 Å². The van der Waals surface area contributed by atoms with Gasteiger partial charge in [0.25, 0.3) is 11.8 Å². The number of carbonyl (C=O) groups excluding carboxylic acids is 2. The van der Waals surface area contributed by atoms with E-state index in [2.05, 4.69) is 10.6 Å². The van der Waals surface area contributed by atoms with E-state index < -0.39 is 5.91 Å². The third-order valence-corrected chi connectivity index (χ3v) is 5.14. The Balaban J connectivity index is 1.77. The third-order valence-electron chi connectivity index (χ3n) is 5.14. The van der Waals surface area contributed by atoms with Crippen LogP contribution >= 0.6 is 0 Å². The first-order chi connectivity index (χ1) is 16.0. The molecule has 0 aliphatic rings. The van der Waals surface area contributed by atoms with Crippen LogP contribution < -0.4 is 10.6 Å². The van der Waals surface area contributed by atoms with Crippen molar-refractivity contribution in [3.8, 4) is 16.9 Å². The van der Waals surface area contributed by atoms with E-state index in [9.17, 15) is 9.59 Å². The fraction of sp³-hybridized carbons (Fsp3) is 0.0741. The summed E-state index contributed by atoms with van der Waals surface area (Å²) in [6.07, 6.45) is 3.50.